The lowest BCUT2D eigenvalue weighted by Gasteiger charge is -2.47. The SMILES string of the molecule is CCN1c2cc3c(cc2C(C)CC1(C)C)N=c1cc2c(cc1O3)=[N+](CCCC(=O)NCC1CCC(C(=O)NCCCCCCNc3ccn([C@H]4CC[C@@H](COP(=O)(O)O[P+]([O-])(O)O[P+]([O-])(O)O)O4)c(=O)n3)CC1)CCC2. The summed E-state index contributed by atoms with van der Waals surface area (Å²) in [7, 11) is -16.5. The van der Waals surface area contributed by atoms with Crippen LogP contribution < -0.4 is 56.4 Å². The van der Waals surface area contributed by atoms with Crippen molar-refractivity contribution in [2.45, 2.75) is 148 Å². The Labute approximate surface area is 443 Å². The number of aryl methyl sites for hydroxylation is 1. The number of aromatic nitrogens is 2. The Morgan fingerprint density at radius 2 is 1.75 bits per heavy atom. The van der Waals surface area contributed by atoms with Gasteiger partial charge >= 0.3 is 29.9 Å². The zero-order valence-electron chi connectivity index (χ0n) is 43.8. The maximum absolute atomic E-state index is 13.0. The number of nitrogens with zero attached hydrogens (tertiary/aromatic N) is 5. The van der Waals surface area contributed by atoms with Crippen molar-refractivity contribution in [2.75, 3.05) is 56.1 Å². The minimum atomic E-state index is -5.64. The topological polar surface area (TPSA) is 314 Å². The van der Waals surface area contributed by atoms with E-state index in [1.807, 2.05) is 0 Å². The zero-order chi connectivity index (χ0) is 54.4. The van der Waals surface area contributed by atoms with Gasteiger partial charge in [0.15, 0.2) is 11.5 Å². The number of phosphoric acid groups is 3. The predicted octanol–water partition coefficient (Wildman–Crippen LogP) is 4.22. The average Bonchev–Trinajstić information content (AvgIpc) is 3.83. The fourth-order valence-corrected chi connectivity index (χ4v) is 14.4. The van der Waals surface area contributed by atoms with Crippen molar-refractivity contribution in [3.05, 3.63) is 68.9 Å². The summed E-state index contributed by atoms with van der Waals surface area (Å²) in [5.74, 6) is 2.90. The van der Waals surface area contributed by atoms with Gasteiger partial charge in [-0.15, -0.1) is 0 Å². The predicted molar refractivity (Wildman–Crippen MR) is 281 cm³/mol. The summed E-state index contributed by atoms with van der Waals surface area (Å²) in [5.41, 5.74) is 4.20. The second kappa shape index (κ2) is 25.0. The minimum absolute atomic E-state index is 0.0146. The van der Waals surface area contributed by atoms with Crippen LogP contribution >= 0.6 is 24.2 Å². The molecule has 2 aromatic carbocycles. The van der Waals surface area contributed by atoms with Crippen LogP contribution in [0.1, 0.15) is 141 Å². The summed E-state index contributed by atoms with van der Waals surface area (Å²) in [5, 5.41) is 11.5. The number of unbranched alkanes of at least 4 members (excludes halogenated alkanes) is 3. The third-order valence-electron chi connectivity index (χ3n) is 15.0. The number of benzene rings is 2. The molecule has 8 rings (SSSR count). The monoisotopic (exact) mass is 1120 g/mol. The fraction of sp³-hybridized carbons (Fsp3) is 0.640. The molecular formula is C50H74N8O15P3+. The molecule has 0 bridgehead atoms. The van der Waals surface area contributed by atoms with Crippen LogP contribution in [0.3, 0.4) is 0 Å². The Kier molecular flexibility index (Phi) is 19.1. The van der Waals surface area contributed by atoms with Gasteiger partial charge in [-0.2, -0.15) is 19.7 Å². The summed E-state index contributed by atoms with van der Waals surface area (Å²) < 4.78 is 40.0. The number of carbonyl (C=O) groups excluding carboxylic acids is 2. The zero-order valence-corrected chi connectivity index (χ0v) is 46.4. The summed E-state index contributed by atoms with van der Waals surface area (Å²) in [6, 6.07) is 10.4. The molecule has 5 heterocycles. The van der Waals surface area contributed by atoms with Crippen LogP contribution in [0.4, 0.5) is 17.2 Å². The molecule has 3 unspecified atom stereocenters. The van der Waals surface area contributed by atoms with Crippen LogP contribution in [0.2, 0.25) is 0 Å². The Hall–Kier alpha value is -4.05. The van der Waals surface area contributed by atoms with Crippen LogP contribution in [0.25, 0.3) is 0 Å². The molecule has 5 aliphatic rings. The van der Waals surface area contributed by atoms with Crippen molar-refractivity contribution >= 4 is 53.2 Å². The van der Waals surface area contributed by atoms with E-state index >= 15 is 0 Å². The van der Waals surface area contributed by atoms with Crippen molar-refractivity contribution in [1.29, 1.82) is 0 Å². The molecule has 5 atom stereocenters. The van der Waals surface area contributed by atoms with Gasteiger partial charge < -0.3 is 45.0 Å². The number of ether oxygens (including phenoxy) is 2. The number of hydrogen-bond donors (Lipinski definition) is 7. The van der Waals surface area contributed by atoms with E-state index in [0.29, 0.717) is 50.1 Å². The molecule has 26 heteroatoms. The lowest BCUT2D eigenvalue weighted by molar-refractivity contribution is -0.256. The highest BCUT2D eigenvalue weighted by Crippen LogP contribution is 2.69. The molecular weight excluding hydrogens is 1050 g/mol. The molecule has 1 aromatic heterocycles. The van der Waals surface area contributed by atoms with Gasteiger partial charge in [-0.05, 0) is 121 Å². The normalized spacial score (nSPS) is 23.4. The summed E-state index contributed by atoms with van der Waals surface area (Å²) >= 11 is 0. The number of hydrogen-bond acceptors (Lipinski definition) is 18. The molecule has 2 amide bonds. The highest BCUT2D eigenvalue weighted by Gasteiger charge is 2.50. The number of nitrogens with one attached hydrogen (secondary N) is 3. The molecule has 1 saturated carbocycles. The van der Waals surface area contributed by atoms with Gasteiger partial charge in [0.25, 0.3) is 0 Å². The highest BCUT2D eigenvalue weighted by molar-refractivity contribution is 7.70. The Morgan fingerprint density at radius 3 is 2.49 bits per heavy atom. The first-order valence-corrected chi connectivity index (χ1v) is 31.2. The van der Waals surface area contributed by atoms with E-state index in [2.05, 4.69) is 95.5 Å². The van der Waals surface area contributed by atoms with Crippen LogP contribution in [0.15, 0.2) is 46.3 Å². The van der Waals surface area contributed by atoms with Gasteiger partial charge in [0.05, 0.1) is 18.8 Å². The lowest BCUT2D eigenvalue weighted by Crippen LogP contribution is -2.48. The first kappa shape index (κ1) is 58.1. The van der Waals surface area contributed by atoms with Gasteiger partial charge in [-0.1, -0.05) is 24.1 Å². The van der Waals surface area contributed by atoms with E-state index in [-0.39, 0.29) is 29.7 Å². The van der Waals surface area contributed by atoms with Crippen molar-refractivity contribution in [2.24, 2.45) is 16.8 Å². The summed E-state index contributed by atoms with van der Waals surface area (Å²) in [4.78, 5) is 109. The first-order valence-electron chi connectivity index (χ1n) is 26.6. The van der Waals surface area contributed by atoms with Gasteiger partial charge in [0, 0.05) is 84.7 Å². The minimum Gasteiger partial charge on any atom is -0.603 e. The molecule has 0 radical (unpaired) electrons. The second-order valence-electron chi connectivity index (χ2n) is 21.2. The van der Waals surface area contributed by atoms with Crippen LogP contribution in [0.5, 0.6) is 11.5 Å². The second-order valence-corrected chi connectivity index (χ2v) is 25.7. The molecule has 2 fully saturated rings. The molecule has 0 spiro atoms. The molecule has 7 N–H and O–H groups in total. The number of amides is 2. The molecule has 76 heavy (non-hydrogen) atoms. The van der Waals surface area contributed by atoms with Crippen LogP contribution in [0, 0.1) is 11.8 Å². The maximum atomic E-state index is 13.0. The smallest absolute Gasteiger partial charge is 0.511 e. The Morgan fingerprint density at radius 1 is 0.987 bits per heavy atom. The summed E-state index contributed by atoms with van der Waals surface area (Å²) in [6.07, 6.45) is 11.7. The third-order valence-corrected chi connectivity index (χ3v) is 18.8. The molecule has 418 valence electrons. The van der Waals surface area contributed by atoms with E-state index in [1.54, 1.807) is 6.07 Å². The molecule has 4 aliphatic heterocycles. The lowest BCUT2D eigenvalue weighted by atomic mass is 9.80. The maximum Gasteiger partial charge on any atom is 0.511 e. The first-order chi connectivity index (χ1) is 36.0. The average molecular weight is 1120 g/mol. The molecule has 3 aromatic rings. The van der Waals surface area contributed by atoms with E-state index in [4.69, 9.17) is 24.3 Å². The Bertz CT molecular complexity index is 2810. The van der Waals surface area contributed by atoms with Crippen LogP contribution in [-0.2, 0) is 38.5 Å². The Balaban J connectivity index is 0.672. The number of fused-ring (bicyclic) bond motifs is 4. The van der Waals surface area contributed by atoms with Crippen molar-refractivity contribution < 1.29 is 66.1 Å². The van der Waals surface area contributed by atoms with E-state index in [9.17, 15) is 38.5 Å². The largest absolute Gasteiger partial charge is 0.603 e. The highest BCUT2D eigenvalue weighted by atomic mass is 31.3. The van der Waals surface area contributed by atoms with Gasteiger partial charge in [-0.25, -0.2) is 18.9 Å². The number of carbonyl (C=O) groups is 2. The third kappa shape index (κ3) is 15.4. The van der Waals surface area contributed by atoms with E-state index in [0.717, 1.165) is 119 Å². The summed E-state index contributed by atoms with van der Waals surface area (Å²) in [6.45, 7) is 13.0. The van der Waals surface area contributed by atoms with Crippen molar-refractivity contribution in [3.63, 3.8) is 0 Å². The molecule has 23 nitrogen and oxygen atoms in total. The number of rotatable bonds is 24. The van der Waals surface area contributed by atoms with E-state index < -0.39 is 48.8 Å². The van der Waals surface area contributed by atoms with Crippen molar-refractivity contribution in [1.82, 2.24) is 24.8 Å². The molecule has 1 aliphatic carbocycles. The van der Waals surface area contributed by atoms with Gasteiger partial charge in [0.1, 0.15) is 36.2 Å². The van der Waals surface area contributed by atoms with E-state index in [1.165, 1.54) is 32.9 Å². The quantitative estimate of drug-likeness (QED) is 0.0293. The van der Waals surface area contributed by atoms with Crippen molar-refractivity contribution in [3.8, 4) is 11.5 Å². The number of anilines is 2. The standard InChI is InChI=1S/C50H73N8O15P3/c1-5-58-42-29-44-40(27-38(42)33(2)30-50(58,3)4)54-39-26-36-12-10-23-56(41(36)28-43(39)71-44)24-11-13-46(59)53-31-34-14-16-35(17-15-34)48(60)52-22-9-7-6-8-21-51-45-20-25-57(49(61)55-45)47-19-18-37(70-47)32-69-75(65,66)73-76(67,68)72-74(62,63)64/h20,25-29,33-35,37,47H,5-19,21-24,30-32H2,1-4H3,(H6-,51,52,53,55,59,60,61,62,63,64,65,66,67,68)/p+1/t33?,34?,35?,37-,47+/m0/s1. The van der Waals surface area contributed by atoms with Crippen LogP contribution in [-0.4, -0.2) is 98.5 Å². The van der Waals surface area contributed by atoms with Gasteiger partial charge in [-0.3, -0.25) is 18.7 Å². The molecule has 1 saturated heterocycles. The number of phosphoric ester groups is 1. The fourth-order valence-electron chi connectivity index (χ4n) is 11.4. The van der Waals surface area contributed by atoms with Gasteiger partial charge in [0.2, 0.25) is 17.2 Å².